The lowest BCUT2D eigenvalue weighted by Crippen LogP contribution is -2.13. The molecule has 0 unspecified atom stereocenters. The Labute approximate surface area is 99.9 Å². The van der Waals surface area contributed by atoms with Gasteiger partial charge in [-0.3, -0.25) is 0 Å². The smallest absolute Gasteiger partial charge is 0.150 e. The number of pyridine rings is 1. The molecule has 1 aromatic carbocycles. The minimum atomic E-state index is 0.469. The molecule has 0 saturated heterocycles. The molecule has 0 amide bonds. The molecule has 0 aliphatic carbocycles. The van der Waals surface area contributed by atoms with Crippen molar-refractivity contribution in [2.24, 2.45) is 0 Å². The van der Waals surface area contributed by atoms with E-state index in [0.717, 1.165) is 5.69 Å². The van der Waals surface area contributed by atoms with E-state index in [9.17, 15) is 0 Å². The Morgan fingerprint density at radius 3 is 2.65 bits per heavy atom. The van der Waals surface area contributed by atoms with Gasteiger partial charge in [0.15, 0.2) is 5.82 Å². The van der Waals surface area contributed by atoms with Gasteiger partial charge in [0.1, 0.15) is 6.07 Å². The topological polar surface area (TPSA) is 65.9 Å². The third-order valence-electron chi connectivity index (χ3n) is 2.47. The van der Waals surface area contributed by atoms with E-state index in [2.05, 4.69) is 11.1 Å². The molecule has 0 radical (unpaired) electrons. The molecule has 4 heteroatoms. The van der Waals surface area contributed by atoms with E-state index in [-0.39, 0.29) is 0 Å². The van der Waals surface area contributed by atoms with Gasteiger partial charge in [-0.2, -0.15) is 5.26 Å². The van der Waals surface area contributed by atoms with E-state index in [0.29, 0.717) is 17.1 Å². The maximum atomic E-state index is 9.07. The number of anilines is 3. The summed E-state index contributed by atoms with van der Waals surface area (Å²) >= 11 is 0. The lowest BCUT2D eigenvalue weighted by Gasteiger charge is -2.19. The van der Waals surface area contributed by atoms with Gasteiger partial charge in [0, 0.05) is 12.7 Å². The first-order valence-corrected chi connectivity index (χ1v) is 5.17. The summed E-state index contributed by atoms with van der Waals surface area (Å²) in [5.41, 5.74) is 7.54. The summed E-state index contributed by atoms with van der Waals surface area (Å²) in [6, 6.07) is 13.5. The molecule has 0 aliphatic rings. The quantitative estimate of drug-likeness (QED) is 0.850. The van der Waals surface area contributed by atoms with Gasteiger partial charge in [0.25, 0.3) is 0 Å². The first kappa shape index (κ1) is 11.0. The second-order valence-corrected chi connectivity index (χ2v) is 3.65. The molecule has 0 aliphatic heterocycles. The first-order valence-electron chi connectivity index (χ1n) is 5.17. The normalized spacial score (nSPS) is 9.65. The van der Waals surface area contributed by atoms with Crippen LogP contribution in [0, 0.1) is 11.3 Å². The molecule has 2 N–H and O–H groups in total. The Balaban J connectivity index is 2.45. The van der Waals surface area contributed by atoms with Crippen LogP contribution < -0.4 is 10.6 Å². The van der Waals surface area contributed by atoms with Crippen molar-refractivity contribution in [1.82, 2.24) is 4.98 Å². The average molecular weight is 224 g/mol. The van der Waals surface area contributed by atoms with Crippen LogP contribution in [0.3, 0.4) is 0 Å². The third-order valence-corrected chi connectivity index (χ3v) is 2.47. The minimum absolute atomic E-state index is 0.469. The summed E-state index contributed by atoms with van der Waals surface area (Å²) in [7, 11) is 1.87. The van der Waals surface area contributed by atoms with Crippen LogP contribution in [0.4, 0.5) is 17.2 Å². The van der Waals surface area contributed by atoms with Crippen LogP contribution in [0.1, 0.15) is 5.56 Å². The number of nitriles is 1. The van der Waals surface area contributed by atoms with Crippen molar-refractivity contribution < 1.29 is 0 Å². The van der Waals surface area contributed by atoms with E-state index in [4.69, 9.17) is 11.0 Å². The van der Waals surface area contributed by atoms with Gasteiger partial charge in [-0.05, 0) is 18.2 Å². The summed E-state index contributed by atoms with van der Waals surface area (Å²) < 4.78 is 0. The highest BCUT2D eigenvalue weighted by atomic mass is 15.2. The fourth-order valence-corrected chi connectivity index (χ4v) is 1.60. The second kappa shape index (κ2) is 4.54. The number of benzene rings is 1. The minimum Gasteiger partial charge on any atom is -0.397 e. The van der Waals surface area contributed by atoms with E-state index < -0.39 is 0 Å². The van der Waals surface area contributed by atoms with Crippen LogP contribution >= 0.6 is 0 Å². The van der Waals surface area contributed by atoms with E-state index in [1.165, 1.54) is 0 Å². The predicted octanol–water partition coefficient (Wildman–Crippen LogP) is 2.30. The van der Waals surface area contributed by atoms with Crippen molar-refractivity contribution in [3.05, 3.63) is 48.2 Å². The fraction of sp³-hybridized carbons (Fsp3) is 0.0769. The number of hydrogen-bond donors (Lipinski definition) is 1. The number of nitrogens with two attached hydrogens (primary N) is 1. The zero-order chi connectivity index (χ0) is 12.3. The molecule has 0 spiro atoms. The van der Waals surface area contributed by atoms with E-state index >= 15 is 0 Å². The van der Waals surface area contributed by atoms with Gasteiger partial charge in [0.2, 0.25) is 0 Å². The number of nitrogen functional groups attached to an aromatic ring is 1. The molecule has 0 fully saturated rings. The van der Waals surface area contributed by atoms with Gasteiger partial charge in [0.05, 0.1) is 17.4 Å². The van der Waals surface area contributed by atoms with Crippen LogP contribution in [0.15, 0.2) is 42.6 Å². The standard InChI is InChI=1S/C13H12N4/c1-17(12-5-3-2-4-6-12)13-10(8-14)7-11(15)9-16-13/h2-7,9H,15H2,1H3. The Kier molecular flexibility index (Phi) is 2.93. The fourth-order valence-electron chi connectivity index (χ4n) is 1.60. The molecule has 2 aromatic rings. The monoisotopic (exact) mass is 224 g/mol. The number of hydrogen-bond acceptors (Lipinski definition) is 4. The summed E-state index contributed by atoms with van der Waals surface area (Å²) in [6.45, 7) is 0. The maximum Gasteiger partial charge on any atom is 0.150 e. The summed E-state index contributed by atoms with van der Waals surface area (Å²) in [5.74, 6) is 0.605. The van der Waals surface area contributed by atoms with Crippen molar-refractivity contribution in [3.8, 4) is 6.07 Å². The first-order chi connectivity index (χ1) is 8.22. The molecule has 1 heterocycles. The molecule has 0 saturated carbocycles. The molecule has 2 rings (SSSR count). The lowest BCUT2D eigenvalue weighted by atomic mass is 10.2. The van der Waals surface area contributed by atoms with Gasteiger partial charge in [-0.1, -0.05) is 18.2 Å². The molecule has 0 bridgehead atoms. The number of aromatic nitrogens is 1. The predicted molar refractivity (Wildman–Crippen MR) is 67.9 cm³/mol. The molecule has 4 nitrogen and oxygen atoms in total. The maximum absolute atomic E-state index is 9.07. The zero-order valence-electron chi connectivity index (χ0n) is 9.46. The molecule has 1 aromatic heterocycles. The van der Waals surface area contributed by atoms with Crippen molar-refractivity contribution >= 4 is 17.2 Å². The largest absolute Gasteiger partial charge is 0.397 e. The molecule has 0 atom stereocenters. The Hall–Kier alpha value is -2.54. The zero-order valence-corrected chi connectivity index (χ0v) is 9.46. The van der Waals surface area contributed by atoms with Crippen LogP contribution in [-0.4, -0.2) is 12.0 Å². The van der Waals surface area contributed by atoms with Crippen LogP contribution in [0.25, 0.3) is 0 Å². The Morgan fingerprint density at radius 1 is 1.29 bits per heavy atom. The summed E-state index contributed by atoms with van der Waals surface area (Å²) in [5, 5.41) is 9.07. The lowest BCUT2D eigenvalue weighted by molar-refractivity contribution is 1.12. The third kappa shape index (κ3) is 2.18. The molecule has 84 valence electrons. The van der Waals surface area contributed by atoms with Gasteiger partial charge in [-0.15, -0.1) is 0 Å². The summed E-state index contributed by atoms with van der Waals surface area (Å²) in [4.78, 5) is 6.06. The van der Waals surface area contributed by atoms with E-state index in [1.54, 1.807) is 12.3 Å². The Morgan fingerprint density at radius 2 is 2.00 bits per heavy atom. The number of para-hydroxylation sites is 1. The molecule has 17 heavy (non-hydrogen) atoms. The molecular formula is C13H12N4. The Bertz CT molecular complexity index is 557. The van der Waals surface area contributed by atoms with Gasteiger partial charge < -0.3 is 10.6 Å². The van der Waals surface area contributed by atoms with Crippen molar-refractivity contribution in [3.63, 3.8) is 0 Å². The highest BCUT2D eigenvalue weighted by Gasteiger charge is 2.10. The van der Waals surface area contributed by atoms with Gasteiger partial charge >= 0.3 is 0 Å². The van der Waals surface area contributed by atoms with Gasteiger partial charge in [-0.25, -0.2) is 4.98 Å². The second-order valence-electron chi connectivity index (χ2n) is 3.65. The number of nitrogens with zero attached hydrogens (tertiary/aromatic N) is 3. The van der Waals surface area contributed by atoms with E-state index in [1.807, 2.05) is 42.3 Å². The number of rotatable bonds is 2. The van der Waals surface area contributed by atoms with Crippen molar-refractivity contribution in [1.29, 1.82) is 5.26 Å². The highest BCUT2D eigenvalue weighted by Crippen LogP contribution is 2.25. The highest BCUT2D eigenvalue weighted by molar-refractivity contribution is 5.66. The molecular weight excluding hydrogens is 212 g/mol. The van der Waals surface area contributed by atoms with Crippen LogP contribution in [0.2, 0.25) is 0 Å². The van der Waals surface area contributed by atoms with Crippen molar-refractivity contribution in [2.45, 2.75) is 0 Å². The van der Waals surface area contributed by atoms with Crippen LogP contribution in [0.5, 0.6) is 0 Å². The average Bonchev–Trinajstić information content (AvgIpc) is 2.39. The SMILES string of the molecule is CN(c1ccccc1)c1ncc(N)cc1C#N. The van der Waals surface area contributed by atoms with Crippen LogP contribution in [-0.2, 0) is 0 Å². The summed E-state index contributed by atoms with van der Waals surface area (Å²) in [6.07, 6.45) is 1.55. The van der Waals surface area contributed by atoms with Crippen molar-refractivity contribution in [2.75, 3.05) is 17.7 Å².